The van der Waals surface area contributed by atoms with Crippen LogP contribution in [0.2, 0.25) is 0 Å². The summed E-state index contributed by atoms with van der Waals surface area (Å²) in [5.41, 5.74) is 1.54. The van der Waals surface area contributed by atoms with E-state index in [2.05, 4.69) is 15.3 Å². The van der Waals surface area contributed by atoms with Crippen LogP contribution in [0.5, 0.6) is 5.75 Å². The van der Waals surface area contributed by atoms with Gasteiger partial charge in [0.05, 0.1) is 7.11 Å². The average molecular weight is 369 g/mol. The Kier molecular flexibility index (Phi) is 6.19. The lowest BCUT2D eigenvalue weighted by molar-refractivity contribution is -0.119. The molecular formula is C19H23N5O3. The highest BCUT2D eigenvalue weighted by atomic mass is 16.5. The van der Waals surface area contributed by atoms with Crippen LogP contribution in [-0.2, 0) is 11.2 Å². The first-order valence-corrected chi connectivity index (χ1v) is 8.87. The molecule has 0 aliphatic carbocycles. The normalized spacial score (nSPS) is 14.0. The Morgan fingerprint density at radius 1 is 1.19 bits per heavy atom. The fraction of sp³-hybridized carbons (Fsp3) is 0.368. The molecule has 1 aromatic carbocycles. The smallest absolute Gasteiger partial charge is 0.272 e. The zero-order chi connectivity index (χ0) is 19.1. The van der Waals surface area contributed by atoms with Crippen LogP contribution < -0.4 is 10.1 Å². The Hall–Kier alpha value is -3.16. The highest BCUT2D eigenvalue weighted by Crippen LogP contribution is 2.13. The molecule has 1 saturated heterocycles. The molecule has 1 fully saturated rings. The number of hydrogen-bond acceptors (Lipinski definition) is 6. The summed E-state index contributed by atoms with van der Waals surface area (Å²) < 4.78 is 5.15. The molecule has 1 aliphatic heterocycles. The van der Waals surface area contributed by atoms with Crippen LogP contribution in [-0.4, -0.2) is 71.9 Å². The Morgan fingerprint density at radius 3 is 2.59 bits per heavy atom. The molecular weight excluding hydrogens is 346 g/mol. The molecule has 0 saturated carbocycles. The largest absolute Gasteiger partial charge is 0.497 e. The summed E-state index contributed by atoms with van der Waals surface area (Å²) in [5, 5.41) is 3.23. The molecule has 0 bridgehead atoms. The monoisotopic (exact) mass is 369 g/mol. The van der Waals surface area contributed by atoms with Crippen molar-refractivity contribution in [2.75, 3.05) is 45.2 Å². The minimum absolute atomic E-state index is 0.138. The number of nitrogens with zero attached hydrogens (tertiary/aromatic N) is 4. The molecule has 8 heteroatoms. The van der Waals surface area contributed by atoms with Gasteiger partial charge >= 0.3 is 0 Å². The van der Waals surface area contributed by atoms with Crippen LogP contribution in [0.3, 0.4) is 0 Å². The summed E-state index contributed by atoms with van der Waals surface area (Å²) in [6, 6.07) is 9.58. The average Bonchev–Trinajstić information content (AvgIpc) is 2.74. The zero-order valence-corrected chi connectivity index (χ0v) is 15.3. The number of carbonyl (C=O) groups excluding carboxylic acids is 2. The first-order valence-electron chi connectivity index (χ1n) is 8.87. The first kappa shape index (κ1) is 18.6. The van der Waals surface area contributed by atoms with Gasteiger partial charge in [-0.25, -0.2) is 9.97 Å². The molecule has 1 aromatic heterocycles. The molecule has 2 amide bonds. The maximum absolute atomic E-state index is 12.6. The van der Waals surface area contributed by atoms with Gasteiger partial charge in [-0.05, 0) is 24.1 Å². The van der Waals surface area contributed by atoms with Gasteiger partial charge in [0, 0.05) is 38.8 Å². The van der Waals surface area contributed by atoms with E-state index in [0.29, 0.717) is 44.2 Å². The van der Waals surface area contributed by atoms with E-state index in [9.17, 15) is 9.59 Å². The van der Waals surface area contributed by atoms with Gasteiger partial charge in [0.1, 0.15) is 23.6 Å². The first-order chi connectivity index (χ1) is 13.2. The van der Waals surface area contributed by atoms with Crippen molar-refractivity contribution in [1.82, 2.24) is 19.8 Å². The van der Waals surface area contributed by atoms with Crippen molar-refractivity contribution in [2.45, 2.75) is 6.42 Å². The van der Waals surface area contributed by atoms with Crippen LogP contribution in [0.25, 0.3) is 0 Å². The number of rotatable bonds is 7. The van der Waals surface area contributed by atoms with Gasteiger partial charge in [-0.3, -0.25) is 9.59 Å². The van der Waals surface area contributed by atoms with Gasteiger partial charge in [-0.1, -0.05) is 12.1 Å². The third-order valence-electron chi connectivity index (χ3n) is 4.52. The van der Waals surface area contributed by atoms with E-state index in [1.54, 1.807) is 23.0 Å². The fourth-order valence-electron chi connectivity index (χ4n) is 2.89. The molecule has 27 heavy (non-hydrogen) atoms. The van der Waals surface area contributed by atoms with Gasteiger partial charge in [-0.15, -0.1) is 0 Å². The van der Waals surface area contributed by atoms with Gasteiger partial charge in [0.25, 0.3) is 5.91 Å². The number of piperazine rings is 1. The van der Waals surface area contributed by atoms with Gasteiger partial charge in [-0.2, -0.15) is 0 Å². The number of amides is 2. The summed E-state index contributed by atoms with van der Waals surface area (Å²) >= 11 is 0. The Morgan fingerprint density at radius 2 is 1.93 bits per heavy atom. The molecule has 1 aliphatic rings. The minimum atomic E-state index is -0.138. The van der Waals surface area contributed by atoms with Crippen LogP contribution in [0.4, 0.5) is 5.82 Å². The number of carbonyl (C=O) groups is 2. The number of methoxy groups -OCH3 is 1. The number of anilines is 1. The van der Waals surface area contributed by atoms with Crippen molar-refractivity contribution in [3.8, 4) is 5.75 Å². The lowest BCUT2D eigenvalue weighted by Crippen LogP contribution is -2.48. The quantitative estimate of drug-likeness (QED) is 0.734. The number of ether oxygens (including phenoxy) is 1. The molecule has 0 unspecified atom stereocenters. The summed E-state index contributed by atoms with van der Waals surface area (Å²) in [6.45, 7) is 2.82. The summed E-state index contributed by atoms with van der Waals surface area (Å²) in [7, 11) is 1.65. The van der Waals surface area contributed by atoms with E-state index < -0.39 is 0 Å². The van der Waals surface area contributed by atoms with Crippen LogP contribution in [0.1, 0.15) is 16.1 Å². The fourth-order valence-corrected chi connectivity index (χ4v) is 2.89. The summed E-state index contributed by atoms with van der Waals surface area (Å²) in [5.74, 6) is 1.31. The second-order valence-corrected chi connectivity index (χ2v) is 6.25. The van der Waals surface area contributed by atoms with E-state index in [1.165, 1.54) is 11.9 Å². The van der Waals surface area contributed by atoms with Crippen molar-refractivity contribution in [3.63, 3.8) is 0 Å². The van der Waals surface area contributed by atoms with Crippen molar-refractivity contribution in [2.24, 2.45) is 0 Å². The Labute approximate surface area is 158 Å². The molecule has 1 N–H and O–H groups in total. The predicted octanol–water partition coefficient (Wildman–Crippen LogP) is 1.05. The lowest BCUT2D eigenvalue weighted by atomic mass is 10.1. The van der Waals surface area contributed by atoms with E-state index >= 15 is 0 Å². The van der Waals surface area contributed by atoms with Crippen molar-refractivity contribution in [3.05, 3.63) is 47.9 Å². The Bertz CT molecular complexity index is 773. The summed E-state index contributed by atoms with van der Waals surface area (Å²) in [6.07, 6.45) is 3.03. The number of benzene rings is 1. The molecule has 142 valence electrons. The minimum Gasteiger partial charge on any atom is -0.497 e. The molecule has 3 rings (SSSR count). The van der Waals surface area contributed by atoms with Gasteiger partial charge in [0.15, 0.2) is 0 Å². The molecule has 2 aromatic rings. The molecule has 0 atom stereocenters. The number of hydrogen-bond donors (Lipinski definition) is 1. The summed E-state index contributed by atoms with van der Waals surface area (Å²) in [4.78, 5) is 35.0. The van der Waals surface area contributed by atoms with Gasteiger partial charge in [0.2, 0.25) is 6.41 Å². The van der Waals surface area contributed by atoms with Crippen LogP contribution in [0.15, 0.2) is 36.7 Å². The third kappa shape index (κ3) is 4.93. The zero-order valence-electron chi connectivity index (χ0n) is 15.3. The number of aromatic nitrogens is 2. The van der Waals surface area contributed by atoms with E-state index in [1.807, 2.05) is 24.3 Å². The lowest BCUT2D eigenvalue weighted by Gasteiger charge is -2.32. The standard InChI is InChI=1S/C19H23N5O3/c1-27-16-4-2-15(3-5-16)6-7-20-18-12-17(21-13-22-18)19(26)24-10-8-23(14-25)9-11-24/h2-5,12-14H,6-11H2,1H3,(H,20,21,22). The highest BCUT2D eigenvalue weighted by Gasteiger charge is 2.22. The maximum Gasteiger partial charge on any atom is 0.272 e. The molecule has 0 spiro atoms. The van der Waals surface area contributed by atoms with E-state index in [-0.39, 0.29) is 5.91 Å². The highest BCUT2D eigenvalue weighted by molar-refractivity contribution is 5.93. The third-order valence-corrected chi connectivity index (χ3v) is 4.52. The second-order valence-electron chi connectivity index (χ2n) is 6.25. The topological polar surface area (TPSA) is 87.7 Å². The van der Waals surface area contributed by atoms with Crippen molar-refractivity contribution in [1.29, 1.82) is 0 Å². The second kappa shape index (κ2) is 8.98. The Balaban J connectivity index is 1.53. The van der Waals surface area contributed by atoms with Crippen LogP contribution in [0, 0.1) is 0 Å². The predicted molar refractivity (Wildman–Crippen MR) is 101 cm³/mol. The maximum atomic E-state index is 12.6. The molecule has 8 nitrogen and oxygen atoms in total. The van der Waals surface area contributed by atoms with Gasteiger partial charge < -0.3 is 19.9 Å². The van der Waals surface area contributed by atoms with E-state index in [0.717, 1.165) is 18.6 Å². The SMILES string of the molecule is COc1ccc(CCNc2cc(C(=O)N3CCN(C=O)CC3)ncn2)cc1. The molecule has 2 heterocycles. The molecule has 0 radical (unpaired) electrons. The number of nitrogens with one attached hydrogen (secondary N) is 1. The van der Waals surface area contributed by atoms with Crippen molar-refractivity contribution < 1.29 is 14.3 Å². The van der Waals surface area contributed by atoms with Crippen LogP contribution >= 0.6 is 0 Å². The van der Waals surface area contributed by atoms with Crippen molar-refractivity contribution >= 4 is 18.1 Å². The van der Waals surface area contributed by atoms with E-state index in [4.69, 9.17) is 4.74 Å².